The molecule has 18 nitrogen and oxygen atoms in total. The SMILES string of the molecule is CCN(c1cc(-c2ccc(C(=O)NCCOCCOCC(=O)NC(C(=O)N3CC(O)CC3C(=O)NCc3ccc(-c4scnc4C)cc3)C(C)(C)C)cc2)cc(C(=O)NCc2c(C)cc(C)[nH]c2=O)c1C)C1CCOCC1. The van der Waals surface area contributed by atoms with Crippen molar-refractivity contribution >= 4 is 46.6 Å². The quantitative estimate of drug-likeness (QED) is 0.0445. The Bertz CT molecular complexity index is 2930. The minimum Gasteiger partial charge on any atom is -0.391 e. The molecule has 77 heavy (non-hydrogen) atoms. The Morgan fingerprint density at radius 1 is 0.870 bits per heavy atom. The highest BCUT2D eigenvalue weighted by molar-refractivity contribution is 7.13. The van der Waals surface area contributed by atoms with Crippen LogP contribution >= 0.6 is 11.3 Å². The average Bonchev–Trinajstić information content (AvgIpc) is 4.03. The van der Waals surface area contributed by atoms with Gasteiger partial charge in [0.2, 0.25) is 17.7 Å². The molecule has 5 aromatic rings. The second-order valence-corrected chi connectivity index (χ2v) is 21.7. The third kappa shape index (κ3) is 15.0. The lowest BCUT2D eigenvalue weighted by atomic mass is 9.85. The molecule has 2 aliphatic heterocycles. The van der Waals surface area contributed by atoms with Gasteiger partial charge in [0, 0.05) is 86.5 Å². The van der Waals surface area contributed by atoms with Crippen LogP contribution in [-0.4, -0.2) is 133 Å². The zero-order chi connectivity index (χ0) is 55.4. The molecule has 412 valence electrons. The van der Waals surface area contributed by atoms with Crippen LogP contribution in [0, 0.1) is 33.1 Å². The summed E-state index contributed by atoms with van der Waals surface area (Å²) < 4.78 is 16.9. The van der Waals surface area contributed by atoms with Gasteiger partial charge in [-0.1, -0.05) is 57.2 Å². The number of benzene rings is 3. The van der Waals surface area contributed by atoms with E-state index in [2.05, 4.69) is 49.1 Å². The minimum absolute atomic E-state index is 0.0425. The van der Waals surface area contributed by atoms with Crippen molar-refractivity contribution in [3.63, 3.8) is 0 Å². The van der Waals surface area contributed by atoms with Gasteiger partial charge in [0.1, 0.15) is 18.7 Å². The summed E-state index contributed by atoms with van der Waals surface area (Å²) in [5.41, 5.74) is 10.1. The van der Waals surface area contributed by atoms with E-state index in [-0.39, 0.29) is 82.4 Å². The highest BCUT2D eigenvalue weighted by Crippen LogP contribution is 2.35. The van der Waals surface area contributed by atoms with Gasteiger partial charge in [0.15, 0.2) is 0 Å². The Labute approximate surface area is 454 Å². The molecule has 3 aromatic carbocycles. The number of hydrogen-bond donors (Lipinski definition) is 6. The first-order valence-corrected chi connectivity index (χ1v) is 27.3. The normalized spacial score (nSPS) is 16.2. The third-order valence-electron chi connectivity index (χ3n) is 14.2. The van der Waals surface area contributed by atoms with Crippen LogP contribution < -0.4 is 31.7 Å². The van der Waals surface area contributed by atoms with Crippen molar-refractivity contribution in [3.8, 4) is 21.6 Å². The first kappa shape index (κ1) is 57.9. The van der Waals surface area contributed by atoms with E-state index in [0.717, 1.165) is 74.7 Å². The number of hydrogen-bond acceptors (Lipinski definition) is 13. The summed E-state index contributed by atoms with van der Waals surface area (Å²) in [4.78, 5) is 92.5. The summed E-state index contributed by atoms with van der Waals surface area (Å²) in [5.74, 6) is -1.98. The molecule has 3 atom stereocenters. The zero-order valence-corrected chi connectivity index (χ0v) is 46.3. The predicted molar refractivity (Wildman–Crippen MR) is 297 cm³/mol. The molecule has 5 amide bonds. The van der Waals surface area contributed by atoms with E-state index in [1.165, 1.54) is 4.90 Å². The number of anilines is 1. The van der Waals surface area contributed by atoms with Crippen LogP contribution in [0.15, 0.2) is 77.0 Å². The van der Waals surface area contributed by atoms with Gasteiger partial charge in [0.05, 0.1) is 42.0 Å². The molecular formula is C58H74N8O10S. The number of pyridine rings is 1. The number of nitrogens with one attached hydrogen (secondary N) is 5. The van der Waals surface area contributed by atoms with Crippen molar-refractivity contribution < 1.29 is 43.3 Å². The van der Waals surface area contributed by atoms with E-state index in [1.807, 2.05) is 97.0 Å². The number of aromatic nitrogens is 2. The maximum Gasteiger partial charge on any atom is 0.253 e. The minimum atomic E-state index is -1.01. The molecule has 2 aliphatic rings. The number of likely N-dealkylation sites (tertiary alicyclic amines) is 1. The second kappa shape index (κ2) is 26.5. The van der Waals surface area contributed by atoms with Gasteiger partial charge in [-0.05, 0) is 117 Å². The molecule has 0 bridgehead atoms. The standard InChI is InChI=1S/C58H74N8O10S/c1-9-65(44-18-21-74-22-19-44)48-28-43(27-46(37(48)4)54(70)61-31-47-35(2)26-36(3)63-55(47)71)40-14-16-42(17-15-40)53(69)59-20-23-75-24-25-76-33-50(68)64-52(58(6,7)8)57(73)66-32-45(67)29-49(66)56(72)60-30-39-10-12-41(13-11-39)51-38(5)62-34-77-51/h10-17,26-28,34,44-45,49,52,67H,9,18-25,29-33H2,1-8H3,(H,59,69)(H,60,72)(H,61,70)(H,63,71)(H,64,68). The number of carbonyl (C=O) groups is 5. The Hall–Kier alpha value is -6.77. The van der Waals surface area contributed by atoms with E-state index in [9.17, 15) is 33.9 Å². The fraction of sp³-hybridized carbons (Fsp3) is 0.466. The number of carbonyl (C=O) groups excluding carboxylic acids is 5. The lowest BCUT2D eigenvalue weighted by molar-refractivity contribution is -0.144. The number of aryl methyl sites for hydroxylation is 3. The fourth-order valence-corrected chi connectivity index (χ4v) is 10.7. The summed E-state index contributed by atoms with van der Waals surface area (Å²) in [6.45, 7) is 17.7. The summed E-state index contributed by atoms with van der Waals surface area (Å²) in [6.07, 6.45) is 0.908. The summed E-state index contributed by atoms with van der Waals surface area (Å²) >= 11 is 1.56. The van der Waals surface area contributed by atoms with Crippen LogP contribution in [0.2, 0.25) is 0 Å². The molecule has 0 saturated carbocycles. The Morgan fingerprint density at radius 3 is 2.23 bits per heavy atom. The number of ether oxygens (including phenoxy) is 3. The number of aliphatic hydroxyl groups excluding tert-OH is 1. The summed E-state index contributed by atoms with van der Waals surface area (Å²) in [7, 11) is 0. The Kier molecular flexibility index (Phi) is 20.0. The zero-order valence-electron chi connectivity index (χ0n) is 45.5. The molecule has 3 unspecified atom stereocenters. The maximum atomic E-state index is 14.0. The van der Waals surface area contributed by atoms with Crippen LogP contribution in [0.1, 0.15) is 101 Å². The molecule has 7 rings (SSSR count). The number of aliphatic hydroxyl groups is 1. The first-order valence-electron chi connectivity index (χ1n) is 26.4. The van der Waals surface area contributed by atoms with Crippen molar-refractivity contribution in [2.45, 2.75) is 112 Å². The largest absolute Gasteiger partial charge is 0.391 e. The van der Waals surface area contributed by atoms with Gasteiger partial charge in [-0.2, -0.15) is 0 Å². The molecule has 19 heteroatoms. The van der Waals surface area contributed by atoms with Crippen molar-refractivity contribution in [3.05, 3.63) is 127 Å². The van der Waals surface area contributed by atoms with Crippen LogP contribution in [0.4, 0.5) is 5.69 Å². The highest BCUT2D eigenvalue weighted by Gasteiger charge is 2.44. The van der Waals surface area contributed by atoms with Crippen LogP contribution in [0.3, 0.4) is 0 Å². The van der Waals surface area contributed by atoms with Gasteiger partial charge in [-0.15, -0.1) is 11.3 Å². The molecule has 2 fully saturated rings. The lowest BCUT2D eigenvalue weighted by Gasteiger charge is -2.37. The number of amides is 5. The highest BCUT2D eigenvalue weighted by atomic mass is 32.1. The van der Waals surface area contributed by atoms with Gasteiger partial charge in [0.25, 0.3) is 17.4 Å². The fourth-order valence-electron chi connectivity index (χ4n) is 9.91. The molecule has 0 aliphatic carbocycles. The molecule has 4 heterocycles. The predicted octanol–water partition coefficient (Wildman–Crippen LogP) is 5.91. The molecule has 2 saturated heterocycles. The number of aromatic amines is 1. The number of H-pyrrole nitrogens is 1. The van der Waals surface area contributed by atoms with E-state index in [4.69, 9.17) is 14.2 Å². The average molecular weight is 1080 g/mol. The van der Waals surface area contributed by atoms with Gasteiger partial charge in [-0.3, -0.25) is 28.8 Å². The topological polar surface area (TPSA) is 234 Å². The third-order valence-corrected chi connectivity index (χ3v) is 15.1. The molecule has 6 N–H and O–H groups in total. The lowest BCUT2D eigenvalue weighted by Crippen LogP contribution is -2.58. The van der Waals surface area contributed by atoms with Crippen molar-refractivity contribution in [1.29, 1.82) is 0 Å². The first-order chi connectivity index (χ1) is 36.8. The molecule has 0 radical (unpaired) electrons. The smallest absolute Gasteiger partial charge is 0.253 e. The second-order valence-electron chi connectivity index (χ2n) is 20.9. The summed E-state index contributed by atoms with van der Waals surface area (Å²) in [6, 6.07) is 19.2. The van der Waals surface area contributed by atoms with Crippen LogP contribution in [0.5, 0.6) is 0 Å². The number of β-amino-alcohol motifs (C(OH)–C–C–N with tert-alkyl or cyclic N) is 1. The van der Waals surface area contributed by atoms with Crippen molar-refractivity contribution in [1.82, 2.24) is 36.1 Å². The van der Waals surface area contributed by atoms with E-state index >= 15 is 0 Å². The van der Waals surface area contributed by atoms with Gasteiger partial charge >= 0.3 is 0 Å². The van der Waals surface area contributed by atoms with Crippen LogP contribution in [-0.2, 0) is 41.7 Å². The number of thiazole rings is 1. The molecule has 0 spiro atoms. The van der Waals surface area contributed by atoms with E-state index in [0.29, 0.717) is 29.9 Å². The number of nitrogens with zero attached hydrogens (tertiary/aromatic N) is 3. The van der Waals surface area contributed by atoms with Crippen molar-refractivity contribution in [2.75, 3.05) is 64.2 Å². The summed E-state index contributed by atoms with van der Waals surface area (Å²) in [5, 5.41) is 22.2. The molecular weight excluding hydrogens is 1000 g/mol. The molecule has 2 aromatic heterocycles. The Morgan fingerprint density at radius 2 is 1.57 bits per heavy atom. The van der Waals surface area contributed by atoms with Crippen molar-refractivity contribution in [2.24, 2.45) is 5.41 Å². The van der Waals surface area contributed by atoms with Gasteiger partial charge in [-0.25, -0.2) is 4.98 Å². The monoisotopic (exact) mass is 1070 g/mol. The van der Waals surface area contributed by atoms with Gasteiger partial charge < -0.3 is 55.4 Å². The van der Waals surface area contributed by atoms with E-state index in [1.54, 1.807) is 29.0 Å². The van der Waals surface area contributed by atoms with E-state index < -0.39 is 41.3 Å². The van der Waals surface area contributed by atoms with Crippen LogP contribution in [0.25, 0.3) is 21.6 Å². The number of rotatable bonds is 22. The maximum absolute atomic E-state index is 14.0. The Balaban J connectivity index is 0.864.